The van der Waals surface area contributed by atoms with Crippen molar-refractivity contribution in [2.45, 2.75) is 20.3 Å². The number of furan rings is 1. The largest absolute Gasteiger partial charge is 0.477 e. The molecule has 0 atom stereocenters. The molecule has 1 rings (SSSR count). The second-order valence-corrected chi connectivity index (χ2v) is 2.55. The van der Waals surface area contributed by atoms with Crippen LogP contribution in [-0.2, 0) is 6.42 Å². The van der Waals surface area contributed by atoms with Crippen LogP contribution >= 0.6 is 0 Å². The molecule has 0 aliphatic heterocycles. The quantitative estimate of drug-likeness (QED) is 0.702. The molecular weight excluding hydrogens is 158 g/mol. The maximum atomic E-state index is 10.6. The number of hydrogen-bond acceptors (Lipinski definition) is 3. The van der Waals surface area contributed by atoms with Crippen molar-refractivity contribution in [2.75, 3.05) is 5.73 Å². The highest BCUT2D eigenvalue weighted by atomic mass is 16.4. The predicted octanol–water partition coefficient (Wildman–Crippen LogP) is 1.43. The summed E-state index contributed by atoms with van der Waals surface area (Å²) in [6.07, 6.45) is 0.656. The highest BCUT2D eigenvalue weighted by molar-refractivity contribution is 5.94. The molecule has 0 aliphatic rings. The minimum absolute atomic E-state index is 0.00292. The minimum atomic E-state index is -1.03. The first-order chi connectivity index (χ1) is 5.57. The number of aryl methyl sites for hydroxylation is 1. The zero-order valence-electron chi connectivity index (χ0n) is 7.05. The van der Waals surface area contributed by atoms with Gasteiger partial charge in [0.25, 0.3) is 0 Å². The van der Waals surface area contributed by atoms with Gasteiger partial charge in [-0.2, -0.15) is 0 Å². The lowest BCUT2D eigenvalue weighted by molar-refractivity contribution is 0.0697. The van der Waals surface area contributed by atoms with Gasteiger partial charge in [0, 0.05) is 12.0 Å². The lowest BCUT2D eigenvalue weighted by atomic mass is 10.1. The van der Waals surface area contributed by atoms with E-state index in [1.807, 2.05) is 6.92 Å². The standard InChI is InChI=1S/C8H11NO3/c1-3-5-4(2)6(8(10)11)7(9)12-5/h3,9H2,1-2H3,(H,10,11). The average Bonchev–Trinajstić information content (AvgIpc) is 2.25. The van der Waals surface area contributed by atoms with Crippen molar-refractivity contribution in [2.24, 2.45) is 0 Å². The molecule has 0 bridgehead atoms. The summed E-state index contributed by atoms with van der Waals surface area (Å²) in [4.78, 5) is 10.6. The molecular formula is C8H11NO3. The third kappa shape index (κ3) is 1.15. The van der Waals surface area contributed by atoms with Crippen LogP contribution in [0.4, 0.5) is 5.88 Å². The molecule has 66 valence electrons. The van der Waals surface area contributed by atoms with E-state index in [9.17, 15) is 4.79 Å². The van der Waals surface area contributed by atoms with E-state index in [0.29, 0.717) is 17.7 Å². The van der Waals surface area contributed by atoms with Gasteiger partial charge in [-0.3, -0.25) is 0 Å². The molecule has 0 saturated heterocycles. The Morgan fingerprint density at radius 3 is 2.50 bits per heavy atom. The van der Waals surface area contributed by atoms with Crippen molar-refractivity contribution in [3.63, 3.8) is 0 Å². The van der Waals surface area contributed by atoms with Gasteiger partial charge in [0.05, 0.1) is 0 Å². The summed E-state index contributed by atoms with van der Waals surface area (Å²) in [5, 5.41) is 8.72. The Morgan fingerprint density at radius 1 is 1.67 bits per heavy atom. The molecule has 0 spiro atoms. The van der Waals surface area contributed by atoms with E-state index in [0.717, 1.165) is 0 Å². The van der Waals surface area contributed by atoms with E-state index in [4.69, 9.17) is 15.3 Å². The summed E-state index contributed by atoms with van der Waals surface area (Å²) in [5.41, 5.74) is 6.09. The normalized spacial score (nSPS) is 10.2. The fraction of sp³-hybridized carbons (Fsp3) is 0.375. The Hall–Kier alpha value is -1.45. The van der Waals surface area contributed by atoms with Crippen LogP contribution in [0.5, 0.6) is 0 Å². The Bertz CT molecular complexity index is 314. The van der Waals surface area contributed by atoms with Crippen LogP contribution in [-0.4, -0.2) is 11.1 Å². The van der Waals surface area contributed by atoms with Crippen LogP contribution in [0.15, 0.2) is 4.42 Å². The minimum Gasteiger partial charge on any atom is -0.477 e. The van der Waals surface area contributed by atoms with Crippen molar-refractivity contribution in [1.29, 1.82) is 0 Å². The highest BCUT2D eigenvalue weighted by Gasteiger charge is 2.19. The van der Waals surface area contributed by atoms with E-state index in [-0.39, 0.29) is 11.4 Å². The Balaban J connectivity index is 3.28. The van der Waals surface area contributed by atoms with Crippen LogP contribution in [0.3, 0.4) is 0 Å². The van der Waals surface area contributed by atoms with E-state index >= 15 is 0 Å². The molecule has 0 radical (unpaired) electrons. The molecule has 1 aromatic heterocycles. The van der Waals surface area contributed by atoms with Gasteiger partial charge >= 0.3 is 5.97 Å². The van der Waals surface area contributed by atoms with Gasteiger partial charge in [-0.1, -0.05) is 6.92 Å². The van der Waals surface area contributed by atoms with Crippen LogP contribution in [0.25, 0.3) is 0 Å². The SMILES string of the molecule is CCc1oc(N)c(C(=O)O)c1C. The summed E-state index contributed by atoms with van der Waals surface area (Å²) >= 11 is 0. The van der Waals surface area contributed by atoms with E-state index < -0.39 is 5.97 Å². The maximum Gasteiger partial charge on any atom is 0.341 e. The number of aromatic carboxylic acids is 1. The number of carboxylic acids is 1. The lowest BCUT2D eigenvalue weighted by Crippen LogP contribution is -2.00. The van der Waals surface area contributed by atoms with Gasteiger partial charge in [-0.25, -0.2) is 4.79 Å². The van der Waals surface area contributed by atoms with Crippen molar-refractivity contribution in [1.82, 2.24) is 0 Å². The first kappa shape index (κ1) is 8.64. The number of anilines is 1. The summed E-state index contributed by atoms with van der Waals surface area (Å²) in [5.74, 6) is -0.393. The molecule has 0 amide bonds. The molecule has 4 heteroatoms. The molecule has 3 N–H and O–H groups in total. The number of carboxylic acid groups (broad SMARTS) is 1. The average molecular weight is 169 g/mol. The third-order valence-electron chi connectivity index (χ3n) is 1.81. The number of nitrogens with two attached hydrogens (primary N) is 1. The van der Waals surface area contributed by atoms with Crippen molar-refractivity contribution >= 4 is 11.9 Å². The zero-order chi connectivity index (χ0) is 9.30. The van der Waals surface area contributed by atoms with Gasteiger partial charge in [-0.15, -0.1) is 0 Å². The molecule has 0 aromatic carbocycles. The zero-order valence-corrected chi connectivity index (χ0v) is 7.05. The molecule has 0 unspecified atom stereocenters. The van der Waals surface area contributed by atoms with Crippen molar-refractivity contribution < 1.29 is 14.3 Å². The topological polar surface area (TPSA) is 76.5 Å². The van der Waals surface area contributed by atoms with Gasteiger partial charge < -0.3 is 15.3 Å². The van der Waals surface area contributed by atoms with Gasteiger partial charge in [-0.05, 0) is 6.92 Å². The van der Waals surface area contributed by atoms with Gasteiger partial charge in [0.1, 0.15) is 11.3 Å². The van der Waals surface area contributed by atoms with Crippen LogP contribution in [0.2, 0.25) is 0 Å². The van der Waals surface area contributed by atoms with Gasteiger partial charge in [0.2, 0.25) is 5.88 Å². The fourth-order valence-electron chi connectivity index (χ4n) is 1.19. The monoisotopic (exact) mass is 169 g/mol. The number of carbonyl (C=O) groups is 1. The molecule has 4 nitrogen and oxygen atoms in total. The Kier molecular flexibility index (Phi) is 2.08. The van der Waals surface area contributed by atoms with Crippen LogP contribution in [0.1, 0.15) is 28.6 Å². The summed E-state index contributed by atoms with van der Waals surface area (Å²) in [6, 6.07) is 0. The number of rotatable bonds is 2. The highest BCUT2D eigenvalue weighted by Crippen LogP contribution is 2.24. The van der Waals surface area contributed by atoms with E-state index in [1.165, 1.54) is 0 Å². The molecule has 0 saturated carbocycles. The Labute approximate surface area is 70.0 Å². The molecule has 1 aromatic rings. The van der Waals surface area contributed by atoms with Crippen molar-refractivity contribution in [3.8, 4) is 0 Å². The van der Waals surface area contributed by atoms with Crippen molar-refractivity contribution in [3.05, 3.63) is 16.9 Å². The number of nitrogen functional groups attached to an aromatic ring is 1. The number of hydrogen-bond donors (Lipinski definition) is 2. The molecule has 0 aliphatic carbocycles. The van der Waals surface area contributed by atoms with E-state index in [2.05, 4.69) is 0 Å². The van der Waals surface area contributed by atoms with Crippen LogP contribution in [0, 0.1) is 6.92 Å². The molecule has 12 heavy (non-hydrogen) atoms. The maximum absolute atomic E-state index is 10.6. The summed E-state index contributed by atoms with van der Waals surface area (Å²) in [7, 11) is 0. The fourth-order valence-corrected chi connectivity index (χ4v) is 1.19. The first-order valence-corrected chi connectivity index (χ1v) is 3.69. The second-order valence-electron chi connectivity index (χ2n) is 2.55. The van der Waals surface area contributed by atoms with Gasteiger partial charge in [0.15, 0.2) is 0 Å². The van der Waals surface area contributed by atoms with E-state index in [1.54, 1.807) is 6.92 Å². The molecule has 1 heterocycles. The molecule has 0 fully saturated rings. The summed E-state index contributed by atoms with van der Waals surface area (Å²) in [6.45, 7) is 3.58. The second kappa shape index (κ2) is 2.89. The smallest absolute Gasteiger partial charge is 0.341 e. The lowest BCUT2D eigenvalue weighted by Gasteiger charge is -1.91. The first-order valence-electron chi connectivity index (χ1n) is 3.69. The third-order valence-corrected chi connectivity index (χ3v) is 1.81. The summed E-state index contributed by atoms with van der Waals surface area (Å²) < 4.78 is 5.05. The predicted molar refractivity (Wildman–Crippen MR) is 44.2 cm³/mol. The van der Waals surface area contributed by atoms with Crippen LogP contribution < -0.4 is 5.73 Å². The Morgan fingerprint density at radius 2 is 2.25 bits per heavy atom.